The van der Waals surface area contributed by atoms with E-state index in [1.807, 2.05) is 0 Å². The lowest BCUT2D eigenvalue weighted by atomic mass is 9.93. The highest BCUT2D eigenvalue weighted by molar-refractivity contribution is 9.10. The molecular formula is C14H19BrFNO. The largest absolute Gasteiger partial charge is 0.388 e. The van der Waals surface area contributed by atoms with E-state index in [1.54, 1.807) is 6.07 Å². The molecule has 0 bridgehead atoms. The molecule has 3 atom stereocenters. The van der Waals surface area contributed by atoms with Crippen LogP contribution in [0.25, 0.3) is 0 Å². The molecule has 0 spiro atoms. The Morgan fingerprint density at radius 3 is 2.94 bits per heavy atom. The minimum atomic E-state index is -0.553. The zero-order valence-electron chi connectivity index (χ0n) is 10.5. The summed E-state index contributed by atoms with van der Waals surface area (Å²) in [6.07, 6.45) is 3.63. The molecule has 1 aromatic rings. The van der Waals surface area contributed by atoms with E-state index in [1.165, 1.54) is 25.0 Å². The Labute approximate surface area is 116 Å². The van der Waals surface area contributed by atoms with Crippen LogP contribution in [0.4, 0.5) is 4.39 Å². The van der Waals surface area contributed by atoms with Gasteiger partial charge in [-0.1, -0.05) is 28.4 Å². The fourth-order valence-electron chi connectivity index (χ4n) is 2.59. The van der Waals surface area contributed by atoms with Crippen LogP contribution in [-0.4, -0.2) is 17.2 Å². The summed E-state index contributed by atoms with van der Waals surface area (Å²) in [5.74, 6) is -0.290. The lowest BCUT2D eigenvalue weighted by Gasteiger charge is -2.30. The molecule has 3 unspecified atom stereocenters. The van der Waals surface area contributed by atoms with Crippen molar-refractivity contribution in [2.75, 3.05) is 0 Å². The summed E-state index contributed by atoms with van der Waals surface area (Å²) in [5, 5.41) is 13.7. The van der Waals surface area contributed by atoms with Crippen LogP contribution in [0.5, 0.6) is 0 Å². The van der Waals surface area contributed by atoms with Gasteiger partial charge in [-0.2, -0.15) is 0 Å². The van der Waals surface area contributed by atoms with Crippen molar-refractivity contribution in [1.82, 2.24) is 5.32 Å². The third-order valence-corrected chi connectivity index (χ3v) is 4.23. The third kappa shape index (κ3) is 3.53. The summed E-state index contributed by atoms with van der Waals surface area (Å²) in [4.78, 5) is 0. The van der Waals surface area contributed by atoms with Crippen LogP contribution in [0, 0.1) is 5.82 Å². The van der Waals surface area contributed by atoms with Gasteiger partial charge >= 0.3 is 0 Å². The van der Waals surface area contributed by atoms with Gasteiger partial charge in [0.05, 0.1) is 6.10 Å². The van der Waals surface area contributed by atoms with Crippen molar-refractivity contribution < 1.29 is 9.50 Å². The van der Waals surface area contributed by atoms with E-state index < -0.39 is 6.10 Å². The van der Waals surface area contributed by atoms with Crippen LogP contribution >= 0.6 is 15.9 Å². The summed E-state index contributed by atoms with van der Waals surface area (Å²) in [6, 6.07) is 5.31. The van der Waals surface area contributed by atoms with Gasteiger partial charge in [0, 0.05) is 16.6 Å². The number of aliphatic hydroxyl groups excluding tert-OH is 1. The molecule has 0 radical (unpaired) electrons. The second-order valence-corrected chi connectivity index (χ2v) is 5.97. The second-order valence-electron chi connectivity index (χ2n) is 5.11. The molecule has 100 valence electrons. The van der Waals surface area contributed by atoms with E-state index in [4.69, 9.17) is 0 Å². The molecule has 1 aliphatic rings. The Hall–Kier alpha value is -0.450. The summed E-state index contributed by atoms with van der Waals surface area (Å²) < 4.78 is 13.6. The van der Waals surface area contributed by atoms with Gasteiger partial charge in [0.1, 0.15) is 5.82 Å². The van der Waals surface area contributed by atoms with Gasteiger partial charge in [-0.05, 0) is 43.9 Å². The number of hydrogen-bond acceptors (Lipinski definition) is 2. The van der Waals surface area contributed by atoms with Gasteiger partial charge in [0.15, 0.2) is 0 Å². The Bertz CT molecular complexity index is 413. The maximum absolute atomic E-state index is 13.0. The molecule has 4 heteroatoms. The molecule has 0 saturated carbocycles. The average Bonchev–Trinajstić information content (AvgIpc) is 2.28. The molecule has 0 amide bonds. The number of rotatable bonds is 3. The van der Waals surface area contributed by atoms with Crippen molar-refractivity contribution in [3.05, 3.63) is 34.1 Å². The number of hydrogen-bond donors (Lipinski definition) is 2. The average molecular weight is 316 g/mol. The first-order valence-electron chi connectivity index (χ1n) is 6.45. The van der Waals surface area contributed by atoms with Gasteiger partial charge in [-0.3, -0.25) is 0 Å². The molecule has 0 aromatic heterocycles. The molecule has 18 heavy (non-hydrogen) atoms. The van der Waals surface area contributed by atoms with Crippen LogP contribution in [0.3, 0.4) is 0 Å². The van der Waals surface area contributed by atoms with E-state index in [9.17, 15) is 9.50 Å². The van der Waals surface area contributed by atoms with Gasteiger partial charge in [0.25, 0.3) is 0 Å². The van der Waals surface area contributed by atoms with Gasteiger partial charge < -0.3 is 10.4 Å². The van der Waals surface area contributed by atoms with Crippen molar-refractivity contribution in [1.29, 1.82) is 0 Å². The number of aliphatic hydroxyl groups is 1. The molecule has 2 rings (SSSR count). The van der Waals surface area contributed by atoms with Crippen LogP contribution in [0.2, 0.25) is 0 Å². The van der Waals surface area contributed by atoms with Crippen LogP contribution in [-0.2, 0) is 0 Å². The molecule has 1 aliphatic heterocycles. The number of piperidine rings is 1. The van der Waals surface area contributed by atoms with E-state index >= 15 is 0 Å². The third-order valence-electron chi connectivity index (χ3n) is 3.54. The summed E-state index contributed by atoms with van der Waals surface area (Å²) in [7, 11) is 0. The Kier molecular flexibility index (Phi) is 4.76. The quantitative estimate of drug-likeness (QED) is 0.894. The predicted molar refractivity (Wildman–Crippen MR) is 73.9 cm³/mol. The highest BCUT2D eigenvalue weighted by Crippen LogP contribution is 2.29. The summed E-state index contributed by atoms with van der Waals surface area (Å²) >= 11 is 3.30. The predicted octanol–water partition coefficient (Wildman–Crippen LogP) is 3.54. The molecule has 2 N–H and O–H groups in total. The van der Waals surface area contributed by atoms with Crippen molar-refractivity contribution in [3.8, 4) is 0 Å². The topological polar surface area (TPSA) is 32.3 Å². The van der Waals surface area contributed by atoms with Crippen molar-refractivity contribution in [2.24, 2.45) is 0 Å². The lowest BCUT2D eigenvalue weighted by molar-refractivity contribution is 0.138. The molecule has 1 heterocycles. The minimum absolute atomic E-state index is 0.290. The monoisotopic (exact) mass is 315 g/mol. The summed E-state index contributed by atoms with van der Waals surface area (Å²) in [6.45, 7) is 2.17. The zero-order chi connectivity index (χ0) is 13.1. The molecule has 0 aliphatic carbocycles. The van der Waals surface area contributed by atoms with Gasteiger partial charge in [-0.15, -0.1) is 0 Å². The van der Waals surface area contributed by atoms with E-state index in [2.05, 4.69) is 28.2 Å². The highest BCUT2D eigenvalue weighted by atomic mass is 79.9. The zero-order valence-corrected chi connectivity index (χ0v) is 12.1. The summed E-state index contributed by atoms with van der Waals surface area (Å²) in [5.41, 5.74) is 0.761. The smallest absolute Gasteiger partial charge is 0.124 e. The van der Waals surface area contributed by atoms with E-state index in [0.29, 0.717) is 23.0 Å². The molecule has 2 nitrogen and oxygen atoms in total. The number of nitrogens with one attached hydrogen (secondary N) is 1. The first kappa shape index (κ1) is 14.0. The van der Waals surface area contributed by atoms with Gasteiger partial charge in [-0.25, -0.2) is 4.39 Å². The second kappa shape index (κ2) is 6.13. The molecular weight excluding hydrogens is 297 g/mol. The normalized spacial score (nSPS) is 26.0. The van der Waals surface area contributed by atoms with Crippen LogP contribution in [0.15, 0.2) is 22.7 Å². The number of halogens is 2. The van der Waals surface area contributed by atoms with E-state index in [0.717, 1.165) is 12.0 Å². The Balaban J connectivity index is 2.00. The SMILES string of the molecule is CC1CCCC(CC(O)c2ccc(F)cc2Br)N1. The van der Waals surface area contributed by atoms with Crippen molar-refractivity contribution >= 4 is 15.9 Å². The first-order chi connectivity index (χ1) is 8.56. The maximum atomic E-state index is 13.0. The Morgan fingerprint density at radius 2 is 2.28 bits per heavy atom. The van der Waals surface area contributed by atoms with Gasteiger partial charge in [0.2, 0.25) is 0 Å². The molecule has 1 aromatic carbocycles. The maximum Gasteiger partial charge on any atom is 0.124 e. The molecule has 1 saturated heterocycles. The molecule has 1 fully saturated rings. The van der Waals surface area contributed by atoms with Crippen molar-refractivity contribution in [3.63, 3.8) is 0 Å². The lowest BCUT2D eigenvalue weighted by Crippen LogP contribution is -2.41. The standard InChI is InChI=1S/C14H19BrFNO/c1-9-3-2-4-11(17-9)8-14(18)12-6-5-10(16)7-13(12)15/h5-7,9,11,14,17-18H,2-4,8H2,1H3. The van der Waals surface area contributed by atoms with Crippen LogP contribution in [0.1, 0.15) is 44.3 Å². The van der Waals surface area contributed by atoms with E-state index in [-0.39, 0.29) is 5.82 Å². The minimum Gasteiger partial charge on any atom is -0.388 e. The number of benzene rings is 1. The van der Waals surface area contributed by atoms with Crippen LogP contribution < -0.4 is 5.32 Å². The Morgan fingerprint density at radius 1 is 1.50 bits per heavy atom. The fraction of sp³-hybridized carbons (Fsp3) is 0.571. The van der Waals surface area contributed by atoms with Crippen molar-refractivity contribution in [2.45, 2.75) is 50.8 Å². The first-order valence-corrected chi connectivity index (χ1v) is 7.24. The highest BCUT2D eigenvalue weighted by Gasteiger charge is 2.22. The fourth-order valence-corrected chi connectivity index (χ4v) is 3.21.